The lowest BCUT2D eigenvalue weighted by molar-refractivity contribution is 0.246. The summed E-state index contributed by atoms with van der Waals surface area (Å²) in [5, 5.41) is 12.6. The molecule has 0 fully saturated rings. The van der Waals surface area contributed by atoms with Crippen LogP contribution in [-0.4, -0.2) is 63.3 Å². The van der Waals surface area contributed by atoms with E-state index >= 15 is 4.39 Å². The van der Waals surface area contributed by atoms with E-state index in [9.17, 15) is 5.11 Å². The maximum Gasteiger partial charge on any atom is 0.319 e. The van der Waals surface area contributed by atoms with Crippen molar-refractivity contribution in [2.24, 2.45) is 0 Å². The molecule has 5 aromatic rings. The topological polar surface area (TPSA) is 79.5 Å². The SMILES string of the molecule is C=Cc1ncc2n1CCN(c1nc(OCCN(C)C)nc3c(F)c(-c4cc(O)cc5ccccc45)c(Cl)cc13)C2. The molecule has 2 aromatic heterocycles. The zero-order valence-corrected chi connectivity index (χ0v) is 23.0. The molecule has 0 spiro atoms. The number of anilines is 1. The van der Waals surface area contributed by atoms with E-state index in [0.29, 0.717) is 49.6 Å². The van der Waals surface area contributed by atoms with Crippen molar-refractivity contribution in [3.63, 3.8) is 0 Å². The van der Waals surface area contributed by atoms with Gasteiger partial charge in [-0.15, -0.1) is 0 Å². The van der Waals surface area contributed by atoms with Gasteiger partial charge in [0.1, 0.15) is 29.5 Å². The molecule has 0 bridgehead atoms. The van der Waals surface area contributed by atoms with Gasteiger partial charge in [-0.1, -0.05) is 42.4 Å². The van der Waals surface area contributed by atoms with E-state index in [0.717, 1.165) is 22.3 Å². The molecular formula is C30H28ClFN6O2. The predicted molar refractivity (Wildman–Crippen MR) is 157 cm³/mol. The van der Waals surface area contributed by atoms with E-state index in [4.69, 9.17) is 21.3 Å². The summed E-state index contributed by atoms with van der Waals surface area (Å²) < 4.78 is 24.6. The molecule has 8 nitrogen and oxygen atoms in total. The van der Waals surface area contributed by atoms with Crippen LogP contribution < -0.4 is 9.64 Å². The maximum absolute atomic E-state index is 16.6. The van der Waals surface area contributed by atoms with Crippen LogP contribution in [0.3, 0.4) is 0 Å². The third-order valence-corrected chi connectivity index (χ3v) is 7.42. The Morgan fingerprint density at radius 2 is 1.98 bits per heavy atom. The minimum absolute atomic E-state index is 0.0177. The monoisotopic (exact) mass is 558 g/mol. The Morgan fingerprint density at radius 3 is 2.77 bits per heavy atom. The number of phenolic OH excluding ortho intramolecular Hbond substituents is 1. The Bertz CT molecular complexity index is 1770. The van der Waals surface area contributed by atoms with E-state index in [2.05, 4.69) is 26.0 Å². The summed E-state index contributed by atoms with van der Waals surface area (Å²) in [5.74, 6) is 0.761. The summed E-state index contributed by atoms with van der Waals surface area (Å²) in [6.45, 7) is 6.64. The smallest absolute Gasteiger partial charge is 0.319 e. The minimum Gasteiger partial charge on any atom is -0.508 e. The first kappa shape index (κ1) is 26.0. The zero-order chi connectivity index (χ0) is 28.0. The van der Waals surface area contributed by atoms with Gasteiger partial charge in [0.05, 0.1) is 23.5 Å². The lowest BCUT2D eigenvalue weighted by Crippen LogP contribution is -2.34. The fraction of sp³-hybridized carbons (Fsp3) is 0.233. The van der Waals surface area contributed by atoms with Crippen LogP contribution in [0.15, 0.2) is 55.2 Å². The van der Waals surface area contributed by atoms with Gasteiger partial charge < -0.3 is 24.2 Å². The summed E-state index contributed by atoms with van der Waals surface area (Å²) in [6.07, 6.45) is 3.55. The van der Waals surface area contributed by atoms with Gasteiger partial charge in [-0.2, -0.15) is 9.97 Å². The van der Waals surface area contributed by atoms with Gasteiger partial charge in [-0.05, 0) is 54.7 Å². The second-order valence-electron chi connectivity index (χ2n) is 10.0. The Morgan fingerprint density at radius 1 is 1.15 bits per heavy atom. The summed E-state index contributed by atoms with van der Waals surface area (Å²) in [5.41, 5.74) is 1.74. The highest BCUT2D eigenvalue weighted by atomic mass is 35.5. The first-order chi connectivity index (χ1) is 19.3. The Hall–Kier alpha value is -4.21. The van der Waals surface area contributed by atoms with Gasteiger partial charge in [-0.25, -0.2) is 9.37 Å². The minimum atomic E-state index is -0.602. The van der Waals surface area contributed by atoms with Crippen LogP contribution >= 0.6 is 11.6 Å². The van der Waals surface area contributed by atoms with Gasteiger partial charge in [0, 0.05) is 30.6 Å². The van der Waals surface area contributed by atoms with Gasteiger partial charge in [0.25, 0.3) is 0 Å². The molecule has 1 aliphatic heterocycles. The molecule has 6 rings (SSSR count). The summed E-state index contributed by atoms with van der Waals surface area (Å²) in [7, 11) is 3.88. The number of aromatic nitrogens is 4. The van der Waals surface area contributed by atoms with Crippen molar-refractivity contribution >= 4 is 45.2 Å². The first-order valence-electron chi connectivity index (χ1n) is 12.9. The lowest BCUT2D eigenvalue weighted by atomic mass is 9.96. The third-order valence-electron chi connectivity index (χ3n) is 7.13. The van der Waals surface area contributed by atoms with Crippen LogP contribution in [0.2, 0.25) is 5.02 Å². The van der Waals surface area contributed by atoms with Gasteiger partial charge in [-0.3, -0.25) is 0 Å². The second-order valence-corrected chi connectivity index (χ2v) is 10.4. The molecule has 0 unspecified atom stereocenters. The number of halogens is 2. The molecule has 0 amide bonds. The number of hydrogen-bond acceptors (Lipinski definition) is 7. The molecular weight excluding hydrogens is 531 g/mol. The average molecular weight is 559 g/mol. The van der Waals surface area contributed by atoms with Gasteiger partial charge in [0.2, 0.25) is 0 Å². The molecule has 204 valence electrons. The highest BCUT2D eigenvalue weighted by Gasteiger charge is 2.26. The zero-order valence-electron chi connectivity index (χ0n) is 22.2. The van der Waals surface area contributed by atoms with Crippen molar-refractivity contribution in [1.82, 2.24) is 24.4 Å². The number of hydrogen-bond donors (Lipinski definition) is 1. The molecule has 1 aliphatic rings. The van der Waals surface area contributed by atoms with Crippen molar-refractivity contribution in [2.45, 2.75) is 13.1 Å². The highest BCUT2D eigenvalue weighted by molar-refractivity contribution is 6.35. The van der Waals surface area contributed by atoms with Gasteiger partial charge >= 0.3 is 6.01 Å². The largest absolute Gasteiger partial charge is 0.508 e. The normalized spacial score (nSPS) is 13.3. The molecule has 0 aliphatic carbocycles. The fourth-order valence-corrected chi connectivity index (χ4v) is 5.48. The molecule has 0 saturated heterocycles. The molecule has 10 heteroatoms. The Labute approximate surface area is 235 Å². The number of ether oxygens (including phenoxy) is 1. The number of imidazole rings is 1. The Balaban J connectivity index is 1.53. The van der Waals surface area contributed by atoms with Crippen molar-refractivity contribution in [2.75, 3.05) is 38.7 Å². The summed E-state index contributed by atoms with van der Waals surface area (Å²) >= 11 is 6.81. The van der Waals surface area contributed by atoms with Crippen molar-refractivity contribution in [1.29, 1.82) is 0 Å². The highest BCUT2D eigenvalue weighted by Crippen LogP contribution is 2.42. The number of nitrogens with zero attached hydrogens (tertiary/aromatic N) is 6. The quantitative estimate of drug-likeness (QED) is 0.272. The molecule has 0 saturated carbocycles. The average Bonchev–Trinajstić information content (AvgIpc) is 3.35. The van der Waals surface area contributed by atoms with E-state index in [-0.39, 0.29) is 27.9 Å². The van der Waals surface area contributed by atoms with Crippen LogP contribution in [0, 0.1) is 5.82 Å². The lowest BCUT2D eigenvalue weighted by Gasteiger charge is -2.30. The first-order valence-corrected chi connectivity index (χ1v) is 13.3. The number of likely N-dealkylation sites (N-methyl/N-ethyl adjacent to an activating group) is 1. The summed E-state index contributed by atoms with van der Waals surface area (Å²) in [6, 6.07) is 12.4. The molecule has 1 N–H and O–H groups in total. The maximum atomic E-state index is 16.6. The van der Waals surface area contributed by atoms with E-state index in [1.54, 1.807) is 18.2 Å². The number of aromatic hydroxyl groups is 1. The Kier molecular flexibility index (Phi) is 6.77. The van der Waals surface area contributed by atoms with Crippen molar-refractivity contribution in [3.8, 4) is 22.9 Å². The van der Waals surface area contributed by atoms with E-state index in [1.165, 1.54) is 6.07 Å². The predicted octanol–water partition coefficient (Wildman–Crippen LogP) is 5.75. The van der Waals surface area contributed by atoms with Crippen LogP contribution in [0.5, 0.6) is 11.8 Å². The van der Waals surface area contributed by atoms with Crippen molar-refractivity contribution in [3.05, 3.63) is 77.6 Å². The number of fused-ring (bicyclic) bond motifs is 3. The molecule has 40 heavy (non-hydrogen) atoms. The van der Waals surface area contributed by atoms with Crippen LogP contribution in [0.1, 0.15) is 11.5 Å². The number of phenols is 1. The van der Waals surface area contributed by atoms with Crippen LogP contribution in [-0.2, 0) is 13.1 Å². The third kappa shape index (κ3) is 4.61. The van der Waals surface area contributed by atoms with Crippen molar-refractivity contribution < 1.29 is 14.2 Å². The second kappa shape index (κ2) is 10.4. The van der Waals surface area contributed by atoms with Crippen LogP contribution in [0.4, 0.5) is 10.2 Å². The molecule has 3 heterocycles. The standard InChI is InChI=1S/C30H28ClFN6O2/c1-4-25-33-16-19-17-37(9-10-38(19)25)29-23-15-24(31)26(22-14-20(39)13-18-7-5-6-8-21(18)22)27(32)28(23)34-30(35-29)40-12-11-36(2)3/h4-8,13-16,39H,1,9-12,17H2,2-3H3. The number of rotatable bonds is 7. The van der Waals surface area contributed by atoms with Crippen LogP contribution in [0.25, 0.3) is 38.9 Å². The molecule has 0 radical (unpaired) electrons. The molecule has 3 aromatic carbocycles. The molecule has 0 atom stereocenters. The van der Waals surface area contributed by atoms with E-state index in [1.807, 2.05) is 49.5 Å². The van der Waals surface area contributed by atoms with Gasteiger partial charge in [0.15, 0.2) is 5.82 Å². The summed E-state index contributed by atoms with van der Waals surface area (Å²) in [4.78, 5) is 17.7. The fourth-order valence-electron chi connectivity index (χ4n) is 5.18. The van der Waals surface area contributed by atoms with E-state index < -0.39 is 5.82 Å². The number of benzene rings is 3.